The summed E-state index contributed by atoms with van der Waals surface area (Å²) in [6, 6.07) is 22.2. The van der Waals surface area contributed by atoms with Crippen LogP contribution < -0.4 is 0 Å². The van der Waals surface area contributed by atoms with E-state index >= 15 is 0 Å². The van der Waals surface area contributed by atoms with Crippen molar-refractivity contribution in [3.05, 3.63) is 77.0 Å². The maximum atomic E-state index is 9.10. The number of benzene rings is 2. The number of nitriles is 2. The van der Waals surface area contributed by atoms with Gasteiger partial charge in [0.15, 0.2) is 0 Å². The van der Waals surface area contributed by atoms with Crippen LogP contribution in [0.15, 0.2) is 60.2 Å². The molecule has 110 valence electrons. The third kappa shape index (κ3) is 2.73. The first-order chi connectivity index (χ1) is 11.2. The minimum atomic E-state index is 0.121. The van der Waals surface area contributed by atoms with Crippen molar-refractivity contribution in [1.29, 1.82) is 10.5 Å². The molecule has 0 amide bonds. The highest BCUT2D eigenvalue weighted by Crippen LogP contribution is 2.29. The molecular formula is C20H15N3. The molecule has 0 aliphatic carbocycles. The van der Waals surface area contributed by atoms with E-state index in [2.05, 4.69) is 22.8 Å². The molecule has 23 heavy (non-hydrogen) atoms. The van der Waals surface area contributed by atoms with E-state index in [0.29, 0.717) is 0 Å². The number of para-hydroxylation sites is 1. The first-order valence-corrected chi connectivity index (χ1v) is 7.36. The topological polar surface area (TPSA) is 52.5 Å². The predicted octanol–water partition coefficient (Wildman–Crippen LogP) is 4.20. The van der Waals surface area contributed by atoms with E-state index in [1.807, 2.05) is 55.6 Å². The van der Waals surface area contributed by atoms with Gasteiger partial charge in [0, 0.05) is 35.6 Å². The molecular weight excluding hydrogens is 282 g/mol. The molecule has 1 heterocycles. The van der Waals surface area contributed by atoms with Crippen molar-refractivity contribution < 1.29 is 0 Å². The number of rotatable bonds is 3. The number of allylic oxidation sites excluding steroid dienone is 1. The smallest absolute Gasteiger partial charge is 0.130 e. The fourth-order valence-corrected chi connectivity index (χ4v) is 2.87. The van der Waals surface area contributed by atoms with Gasteiger partial charge in [-0.25, -0.2) is 0 Å². The highest BCUT2D eigenvalue weighted by molar-refractivity contribution is 5.92. The zero-order valence-electron chi connectivity index (χ0n) is 12.8. The average molecular weight is 297 g/mol. The van der Waals surface area contributed by atoms with Gasteiger partial charge < -0.3 is 4.57 Å². The van der Waals surface area contributed by atoms with Gasteiger partial charge in [-0.05, 0) is 17.7 Å². The van der Waals surface area contributed by atoms with E-state index < -0.39 is 0 Å². The van der Waals surface area contributed by atoms with E-state index in [1.54, 1.807) is 6.08 Å². The third-order valence-electron chi connectivity index (χ3n) is 4.02. The Hall–Kier alpha value is -3.30. The molecule has 0 radical (unpaired) electrons. The Morgan fingerprint density at radius 1 is 1.00 bits per heavy atom. The lowest BCUT2D eigenvalue weighted by Crippen LogP contribution is -1.99. The van der Waals surface area contributed by atoms with Gasteiger partial charge in [-0.1, -0.05) is 48.5 Å². The van der Waals surface area contributed by atoms with Crippen LogP contribution in [0.4, 0.5) is 0 Å². The van der Waals surface area contributed by atoms with E-state index in [-0.39, 0.29) is 5.57 Å². The van der Waals surface area contributed by atoms with Gasteiger partial charge in [0.25, 0.3) is 0 Å². The molecule has 0 bridgehead atoms. The van der Waals surface area contributed by atoms with Crippen molar-refractivity contribution in [3.63, 3.8) is 0 Å². The van der Waals surface area contributed by atoms with E-state index in [9.17, 15) is 0 Å². The zero-order chi connectivity index (χ0) is 16.2. The summed E-state index contributed by atoms with van der Waals surface area (Å²) in [6.07, 6.45) is 2.45. The third-order valence-corrected chi connectivity index (χ3v) is 4.02. The lowest BCUT2D eigenvalue weighted by atomic mass is 10.0. The molecule has 3 aromatic rings. The van der Waals surface area contributed by atoms with E-state index in [4.69, 9.17) is 10.5 Å². The zero-order valence-corrected chi connectivity index (χ0v) is 12.8. The Labute approximate surface area is 135 Å². The van der Waals surface area contributed by atoms with Crippen LogP contribution in [-0.4, -0.2) is 4.57 Å². The number of nitrogens with zero attached hydrogens (tertiary/aromatic N) is 3. The second-order valence-corrected chi connectivity index (χ2v) is 5.38. The van der Waals surface area contributed by atoms with Gasteiger partial charge in [0.1, 0.15) is 17.7 Å². The Kier molecular flexibility index (Phi) is 3.95. The molecule has 0 saturated heterocycles. The molecule has 3 rings (SSSR count). The molecule has 0 saturated carbocycles. The minimum Gasteiger partial charge on any atom is -0.347 e. The van der Waals surface area contributed by atoms with Crippen LogP contribution in [0.3, 0.4) is 0 Å². The molecule has 0 aliphatic rings. The van der Waals surface area contributed by atoms with Crippen molar-refractivity contribution in [2.45, 2.75) is 6.42 Å². The maximum absolute atomic E-state index is 9.10. The first kappa shape index (κ1) is 14.6. The Morgan fingerprint density at radius 3 is 2.35 bits per heavy atom. The van der Waals surface area contributed by atoms with Gasteiger partial charge in [-0.15, -0.1) is 0 Å². The molecule has 2 aromatic carbocycles. The minimum absolute atomic E-state index is 0.121. The molecule has 0 unspecified atom stereocenters. The lowest BCUT2D eigenvalue weighted by Gasteiger charge is -2.06. The summed E-state index contributed by atoms with van der Waals surface area (Å²) in [5.74, 6) is 0. The fourth-order valence-electron chi connectivity index (χ4n) is 2.87. The van der Waals surface area contributed by atoms with E-state index in [0.717, 1.165) is 28.6 Å². The normalized spacial score (nSPS) is 10.0. The summed E-state index contributed by atoms with van der Waals surface area (Å²) >= 11 is 0. The van der Waals surface area contributed by atoms with Crippen LogP contribution >= 0.6 is 0 Å². The highest BCUT2D eigenvalue weighted by atomic mass is 14.9. The summed E-state index contributed by atoms with van der Waals surface area (Å²) in [5, 5.41) is 19.3. The molecule has 3 nitrogen and oxygen atoms in total. The number of hydrogen-bond donors (Lipinski definition) is 0. The predicted molar refractivity (Wildman–Crippen MR) is 91.4 cm³/mol. The van der Waals surface area contributed by atoms with Crippen molar-refractivity contribution in [2.75, 3.05) is 0 Å². The van der Waals surface area contributed by atoms with Crippen LogP contribution in [-0.2, 0) is 13.5 Å². The summed E-state index contributed by atoms with van der Waals surface area (Å²) in [7, 11) is 2.02. The standard InChI is InChI=1S/C20H15N3/c1-23-19-10-6-5-9-17(19)18(11-16(13-21)14-22)20(23)12-15-7-3-2-4-8-15/h2-11H,12H2,1H3. The van der Waals surface area contributed by atoms with Crippen molar-refractivity contribution in [2.24, 2.45) is 7.05 Å². The van der Waals surface area contributed by atoms with Crippen LogP contribution in [0.2, 0.25) is 0 Å². The lowest BCUT2D eigenvalue weighted by molar-refractivity contribution is 0.878. The van der Waals surface area contributed by atoms with Crippen LogP contribution in [0.1, 0.15) is 16.8 Å². The molecule has 3 heteroatoms. The quantitative estimate of drug-likeness (QED) is 0.680. The average Bonchev–Trinajstić information content (AvgIpc) is 2.86. The van der Waals surface area contributed by atoms with Crippen molar-refractivity contribution >= 4 is 17.0 Å². The van der Waals surface area contributed by atoms with Gasteiger partial charge >= 0.3 is 0 Å². The highest BCUT2D eigenvalue weighted by Gasteiger charge is 2.14. The maximum Gasteiger partial charge on any atom is 0.130 e. The van der Waals surface area contributed by atoms with Gasteiger partial charge in [-0.3, -0.25) is 0 Å². The summed E-state index contributed by atoms with van der Waals surface area (Å²) in [5.41, 5.74) is 4.46. The molecule has 0 atom stereocenters. The summed E-state index contributed by atoms with van der Waals surface area (Å²) in [4.78, 5) is 0. The Morgan fingerprint density at radius 2 is 1.65 bits per heavy atom. The summed E-state index contributed by atoms with van der Waals surface area (Å²) < 4.78 is 2.14. The van der Waals surface area contributed by atoms with Gasteiger partial charge in [-0.2, -0.15) is 10.5 Å². The van der Waals surface area contributed by atoms with E-state index in [1.165, 1.54) is 5.56 Å². The molecule has 0 spiro atoms. The van der Waals surface area contributed by atoms with Crippen molar-refractivity contribution in [1.82, 2.24) is 4.57 Å². The van der Waals surface area contributed by atoms with Gasteiger partial charge in [0.2, 0.25) is 0 Å². The number of fused-ring (bicyclic) bond motifs is 1. The fraction of sp³-hybridized carbons (Fsp3) is 0.100. The van der Waals surface area contributed by atoms with Crippen LogP contribution in [0.25, 0.3) is 17.0 Å². The molecule has 0 aliphatic heterocycles. The molecule has 0 fully saturated rings. The monoisotopic (exact) mass is 297 g/mol. The number of aryl methyl sites for hydroxylation is 1. The number of aromatic nitrogens is 1. The first-order valence-electron chi connectivity index (χ1n) is 7.36. The summed E-state index contributed by atoms with van der Waals surface area (Å²) in [6.45, 7) is 0. The van der Waals surface area contributed by atoms with Crippen molar-refractivity contribution in [3.8, 4) is 12.1 Å². The van der Waals surface area contributed by atoms with Gasteiger partial charge in [0.05, 0.1) is 0 Å². The molecule has 0 N–H and O–H groups in total. The second kappa shape index (κ2) is 6.22. The largest absolute Gasteiger partial charge is 0.347 e. The van der Waals surface area contributed by atoms with Crippen LogP contribution in [0, 0.1) is 22.7 Å². The SMILES string of the molecule is Cn1c(Cc2ccccc2)c(C=C(C#N)C#N)c2ccccc21. The molecule has 1 aromatic heterocycles. The van der Waals surface area contributed by atoms with Crippen LogP contribution in [0.5, 0.6) is 0 Å². The Bertz CT molecular complexity index is 948. The second-order valence-electron chi connectivity index (χ2n) is 5.38. The number of hydrogen-bond acceptors (Lipinski definition) is 2. The Balaban J connectivity index is 2.24.